The van der Waals surface area contributed by atoms with Crippen molar-refractivity contribution in [2.24, 2.45) is 0 Å². The summed E-state index contributed by atoms with van der Waals surface area (Å²) in [5, 5.41) is 11.0. The number of ketones is 1. The monoisotopic (exact) mass is 386 g/mol. The molecule has 3 rings (SSSR count). The maximum atomic E-state index is 12.5. The summed E-state index contributed by atoms with van der Waals surface area (Å²) in [6, 6.07) is 9.80. The van der Waals surface area contributed by atoms with Crippen LogP contribution in [0, 0.1) is 10.1 Å². The van der Waals surface area contributed by atoms with Crippen molar-refractivity contribution < 1.29 is 9.72 Å². The Balaban J connectivity index is 1.86. The van der Waals surface area contributed by atoms with E-state index in [4.69, 9.17) is 0 Å². The maximum absolute atomic E-state index is 12.5. The molecule has 0 fully saturated rings. The number of nitro groups is 1. The molecule has 2 heterocycles. The van der Waals surface area contributed by atoms with Crippen LogP contribution in [0.4, 0.5) is 5.69 Å². The molecule has 0 unspecified atom stereocenters. The van der Waals surface area contributed by atoms with Crippen molar-refractivity contribution in [3.05, 3.63) is 75.5 Å². The van der Waals surface area contributed by atoms with E-state index in [0.717, 1.165) is 8.15 Å². The molecular weight excluding hydrogens is 377 g/mol. The molecule has 0 N–H and O–H groups in total. The Morgan fingerprint density at radius 2 is 1.91 bits per heavy atom. The first kappa shape index (κ1) is 15.5. The number of nitro benzene ring substituents is 1. The van der Waals surface area contributed by atoms with Gasteiger partial charge in [-0.15, -0.1) is 0 Å². The number of hydrogen-bond acceptors (Lipinski definition) is 6. The molecule has 1 aromatic carbocycles. The number of benzene rings is 1. The summed E-state index contributed by atoms with van der Waals surface area (Å²) < 4.78 is 2.00. The van der Waals surface area contributed by atoms with Crippen LogP contribution in [0.2, 0.25) is 0 Å². The quantitative estimate of drug-likeness (QED) is 0.286. The molecule has 3 aromatic rings. The first-order valence-electron chi connectivity index (χ1n) is 6.51. The Morgan fingerprint density at radius 3 is 2.65 bits per heavy atom. The van der Waals surface area contributed by atoms with Crippen molar-refractivity contribution in [3.8, 4) is 0 Å². The predicted octanol–water partition coefficient (Wildman–Crippen LogP) is 1.33. The Hall–Kier alpha value is -2.37. The summed E-state index contributed by atoms with van der Waals surface area (Å²) in [6.45, 7) is 0. The summed E-state index contributed by atoms with van der Waals surface area (Å²) in [4.78, 5) is 31.7. The molecule has 1 radical (unpaired) electrons. The Morgan fingerprint density at radius 1 is 1.17 bits per heavy atom. The first-order chi connectivity index (χ1) is 11.1. The standard InChI is InChI=1S/C15H9AsN3O3S/c20-14(11-3-1-2-4-12(11)19(21)22)13-9-18-15(23-13)16-10-5-7-17-8-6-10/h1-9H. The fourth-order valence-corrected chi connectivity index (χ4v) is 5.32. The third-order valence-corrected chi connectivity index (χ3v) is 6.61. The molecule has 23 heavy (non-hydrogen) atoms. The van der Waals surface area contributed by atoms with E-state index in [9.17, 15) is 14.9 Å². The summed E-state index contributed by atoms with van der Waals surface area (Å²) in [6.07, 6.45) is 4.94. The van der Waals surface area contributed by atoms with E-state index >= 15 is 0 Å². The summed E-state index contributed by atoms with van der Waals surface area (Å²) in [7, 11) is 0. The molecule has 2 aromatic heterocycles. The topological polar surface area (TPSA) is 86.0 Å². The number of carbonyl (C=O) groups excluding carboxylic acids is 1. The van der Waals surface area contributed by atoms with Crippen molar-refractivity contribution in [3.63, 3.8) is 0 Å². The second-order valence-electron chi connectivity index (χ2n) is 4.43. The van der Waals surface area contributed by atoms with Gasteiger partial charge in [0.05, 0.1) is 0 Å². The van der Waals surface area contributed by atoms with Crippen molar-refractivity contribution >= 4 is 46.7 Å². The van der Waals surface area contributed by atoms with E-state index in [1.54, 1.807) is 24.5 Å². The fourth-order valence-electron chi connectivity index (χ4n) is 1.91. The Bertz CT molecular complexity index is 867. The van der Waals surface area contributed by atoms with Crippen LogP contribution < -0.4 is 8.15 Å². The average molecular weight is 386 g/mol. The van der Waals surface area contributed by atoms with Crippen molar-refractivity contribution in [1.29, 1.82) is 0 Å². The van der Waals surface area contributed by atoms with E-state index in [2.05, 4.69) is 9.97 Å². The third-order valence-electron chi connectivity index (χ3n) is 2.95. The zero-order valence-corrected chi connectivity index (χ0v) is 14.3. The first-order valence-corrected chi connectivity index (χ1v) is 9.20. The van der Waals surface area contributed by atoms with E-state index < -0.39 is 4.92 Å². The van der Waals surface area contributed by atoms with Crippen LogP contribution in [0.3, 0.4) is 0 Å². The average Bonchev–Trinajstić information content (AvgIpc) is 3.03. The Kier molecular flexibility index (Phi) is 4.59. The number of hydrogen-bond donors (Lipinski definition) is 0. The van der Waals surface area contributed by atoms with Gasteiger partial charge in [-0.1, -0.05) is 0 Å². The van der Waals surface area contributed by atoms with Gasteiger partial charge in [-0.05, 0) is 0 Å². The molecule has 0 saturated carbocycles. The number of para-hydroxylation sites is 1. The van der Waals surface area contributed by atoms with Gasteiger partial charge in [0, 0.05) is 0 Å². The molecular formula is C15H9AsN3O3S. The molecule has 0 amide bonds. The van der Waals surface area contributed by atoms with Gasteiger partial charge < -0.3 is 0 Å². The van der Waals surface area contributed by atoms with E-state index in [0.29, 0.717) is 4.88 Å². The van der Waals surface area contributed by atoms with E-state index in [1.807, 2.05) is 12.1 Å². The zero-order valence-electron chi connectivity index (χ0n) is 11.6. The number of nitrogens with zero attached hydrogens (tertiary/aromatic N) is 3. The number of carbonyl (C=O) groups is 1. The normalized spacial score (nSPS) is 11.0. The van der Waals surface area contributed by atoms with Gasteiger partial charge in [0.1, 0.15) is 0 Å². The van der Waals surface area contributed by atoms with Gasteiger partial charge >= 0.3 is 142 Å². The number of aromatic nitrogens is 2. The molecule has 0 bridgehead atoms. The predicted molar refractivity (Wildman–Crippen MR) is 87.9 cm³/mol. The van der Waals surface area contributed by atoms with Crippen molar-refractivity contribution in [2.45, 2.75) is 0 Å². The van der Waals surface area contributed by atoms with Crippen LogP contribution in [0.25, 0.3) is 0 Å². The van der Waals surface area contributed by atoms with Gasteiger partial charge in [-0.3, -0.25) is 0 Å². The number of thiazole rings is 1. The van der Waals surface area contributed by atoms with Crippen LogP contribution in [0.1, 0.15) is 15.2 Å². The van der Waals surface area contributed by atoms with Gasteiger partial charge in [-0.2, -0.15) is 0 Å². The summed E-state index contributed by atoms with van der Waals surface area (Å²) >= 11 is 0.963. The molecule has 0 saturated heterocycles. The molecule has 0 aliphatic carbocycles. The molecule has 0 spiro atoms. The van der Waals surface area contributed by atoms with Gasteiger partial charge in [0.25, 0.3) is 0 Å². The number of rotatable bonds is 5. The Labute approximate surface area is 142 Å². The second kappa shape index (κ2) is 6.81. The zero-order chi connectivity index (χ0) is 16.2. The molecule has 6 nitrogen and oxygen atoms in total. The molecule has 0 aliphatic heterocycles. The van der Waals surface area contributed by atoms with Crippen LogP contribution in [-0.4, -0.2) is 36.4 Å². The molecule has 113 valence electrons. The third kappa shape index (κ3) is 3.52. The van der Waals surface area contributed by atoms with E-state index in [1.165, 1.54) is 29.7 Å². The SMILES string of the molecule is O=C(c1cnc([As]c2ccncc2)s1)c1ccccc1[N+](=O)[O-]. The van der Waals surface area contributed by atoms with Gasteiger partial charge in [-0.25, -0.2) is 0 Å². The van der Waals surface area contributed by atoms with Crippen LogP contribution in [0.5, 0.6) is 0 Å². The fraction of sp³-hybridized carbons (Fsp3) is 0. The minimum absolute atomic E-state index is 0.0906. The number of pyridine rings is 1. The van der Waals surface area contributed by atoms with Crippen LogP contribution >= 0.6 is 11.3 Å². The molecule has 8 heteroatoms. The molecule has 0 aliphatic rings. The van der Waals surface area contributed by atoms with Crippen molar-refractivity contribution in [1.82, 2.24) is 9.97 Å². The van der Waals surface area contributed by atoms with Gasteiger partial charge in [0.2, 0.25) is 0 Å². The summed E-state index contributed by atoms with van der Waals surface area (Å²) in [5.41, 5.74) is -0.0947. The minimum atomic E-state index is -0.544. The van der Waals surface area contributed by atoms with Crippen LogP contribution in [0.15, 0.2) is 55.0 Å². The van der Waals surface area contributed by atoms with Crippen molar-refractivity contribution in [2.75, 3.05) is 0 Å². The summed E-state index contributed by atoms with van der Waals surface area (Å²) in [5.74, 6) is -0.364. The van der Waals surface area contributed by atoms with Gasteiger partial charge in [0.15, 0.2) is 0 Å². The van der Waals surface area contributed by atoms with E-state index in [-0.39, 0.29) is 32.8 Å². The second-order valence-corrected chi connectivity index (χ2v) is 8.56. The molecule has 0 atom stereocenters. The van der Waals surface area contributed by atoms with Crippen LogP contribution in [-0.2, 0) is 0 Å².